The Morgan fingerprint density at radius 1 is 1.42 bits per heavy atom. The average molecular weight is 284 g/mol. The second-order valence-corrected chi connectivity index (χ2v) is 5.41. The predicted molar refractivity (Wildman–Crippen MR) is 75.1 cm³/mol. The molecule has 0 aliphatic rings. The number of hydrogen-bond donors (Lipinski definition) is 3. The minimum atomic E-state index is -0.250. The highest BCUT2D eigenvalue weighted by molar-refractivity contribution is 7.08. The normalized spacial score (nSPS) is 12.2. The fraction of sp³-hybridized carbons (Fsp3) is 0.538. The van der Waals surface area contributed by atoms with E-state index in [1.165, 1.54) is 11.3 Å². The number of aliphatic hydroxyl groups excluding tert-OH is 1. The molecule has 1 rings (SSSR count). The average Bonchev–Trinajstić information content (AvgIpc) is 2.89. The number of thiophene rings is 1. The van der Waals surface area contributed by atoms with Crippen LogP contribution in [0.3, 0.4) is 0 Å². The molecule has 0 bridgehead atoms. The first-order valence-electron chi connectivity index (χ1n) is 6.25. The summed E-state index contributed by atoms with van der Waals surface area (Å²) < 4.78 is 0. The summed E-state index contributed by atoms with van der Waals surface area (Å²) in [6, 6.07) is 1.64. The molecule has 3 N–H and O–H groups in total. The number of nitrogens with one attached hydrogen (secondary N) is 2. The highest BCUT2D eigenvalue weighted by Crippen LogP contribution is 2.06. The summed E-state index contributed by atoms with van der Waals surface area (Å²) in [5.41, 5.74) is 0.563. The van der Waals surface area contributed by atoms with Crippen LogP contribution in [0.2, 0.25) is 0 Å². The Labute approximate surface area is 117 Å². The summed E-state index contributed by atoms with van der Waals surface area (Å²) in [6.07, 6.45) is 0.516. The number of rotatable bonds is 7. The second-order valence-electron chi connectivity index (χ2n) is 4.63. The maximum Gasteiger partial charge on any atom is 0.252 e. The Balaban J connectivity index is 2.36. The summed E-state index contributed by atoms with van der Waals surface area (Å²) in [7, 11) is 0. The molecule has 106 valence electrons. The van der Waals surface area contributed by atoms with Crippen LogP contribution in [-0.4, -0.2) is 36.1 Å². The van der Waals surface area contributed by atoms with Crippen molar-refractivity contribution in [3.8, 4) is 0 Å². The summed E-state index contributed by atoms with van der Waals surface area (Å²) >= 11 is 1.43. The van der Waals surface area contributed by atoms with Gasteiger partial charge in [0.15, 0.2) is 0 Å². The highest BCUT2D eigenvalue weighted by Gasteiger charge is 2.16. The van der Waals surface area contributed by atoms with Gasteiger partial charge in [0, 0.05) is 23.6 Å². The van der Waals surface area contributed by atoms with Crippen LogP contribution in [0.25, 0.3) is 0 Å². The third-order valence-electron chi connectivity index (χ3n) is 2.78. The summed E-state index contributed by atoms with van der Waals surface area (Å²) in [6.45, 7) is 3.93. The molecule has 0 spiro atoms. The Morgan fingerprint density at radius 2 is 2.16 bits per heavy atom. The fourth-order valence-corrected chi connectivity index (χ4v) is 2.26. The number of hydrogen-bond acceptors (Lipinski definition) is 4. The van der Waals surface area contributed by atoms with Gasteiger partial charge < -0.3 is 15.7 Å². The second kappa shape index (κ2) is 7.91. The van der Waals surface area contributed by atoms with E-state index in [0.29, 0.717) is 12.0 Å². The molecule has 0 aliphatic carbocycles. The molecule has 1 heterocycles. The van der Waals surface area contributed by atoms with E-state index in [4.69, 9.17) is 5.11 Å². The van der Waals surface area contributed by atoms with Gasteiger partial charge in [-0.2, -0.15) is 11.3 Å². The van der Waals surface area contributed by atoms with Gasteiger partial charge in [0.1, 0.15) is 0 Å². The maximum absolute atomic E-state index is 11.7. The Hall–Kier alpha value is -1.40. The molecule has 0 saturated carbocycles. The first kappa shape index (κ1) is 15.7. The van der Waals surface area contributed by atoms with Gasteiger partial charge in [-0.1, -0.05) is 13.8 Å². The number of amides is 2. The van der Waals surface area contributed by atoms with E-state index < -0.39 is 0 Å². The van der Waals surface area contributed by atoms with Crippen LogP contribution in [0, 0.1) is 5.92 Å². The third-order valence-corrected chi connectivity index (χ3v) is 3.47. The lowest BCUT2D eigenvalue weighted by molar-refractivity contribution is -0.121. The number of aliphatic hydroxyl groups is 1. The molecule has 0 aliphatic heterocycles. The molecule has 1 aromatic rings. The van der Waals surface area contributed by atoms with E-state index in [-0.39, 0.29) is 36.9 Å². The highest BCUT2D eigenvalue weighted by atomic mass is 32.1. The van der Waals surface area contributed by atoms with Gasteiger partial charge in [0.2, 0.25) is 5.91 Å². The van der Waals surface area contributed by atoms with Gasteiger partial charge in [-0.3, -0.25) is 9.59 Å². The Morgan fingerprint density at radius 3 is 2.68 bits per heavy atom. The van der Waals surface area contributed by atoms with Crippen molar-refractivity contribution in [2.75, 3.05) is 13.2 Å². The predicted octanol–water partition coefficient (Wildman–Crippen LogP) is 1.00. The minimum Gasteiger partial charge on any atom is -0.396 e. The van der Waals surface area contributed by atoms with Gasteiger partial charge in [-0.15, -0.1) is 0 Å². The van der Waals surface area contributed by atoms with Crippen LogP contribution < -0.4 is 10.6 Å². The molecule has 1 atom stereocenters. The molecule has 1 unspecified atom stereocenters. The van der Waals surface area contributed by atoms with Crippen molar-refractivity contribution in [1.29, 1.82) is 0 Å². The summed E-state index contributed by atoms with van der Waals surface area (Å²) in [4.78, 5) is 23.3. The van der Waals surface area contributed by atoms with Crippen molar-refractivity contribution in [2.24, 2.45) is 5.92 Å². The molecule has 0 aromatic carbocycles. The van der Waals surface area contributed by atoms with Crippen molar-refractivity contribution in [2.45, 2.75) is 26.3 Å². The molecular formula is C13H20N2O3S. The quantitative estimate of drug-likeness (QED) is 0.699. The molecular weight excluding hydrogens is 264 g/mol. The lowest BCUT2D eigenvalue weighted by Gasteiger charge is -2.21. The van der Waals surface area contributed by atoms with Crippen molar-refractivity contribution < 1.29 is 14.7 Å². The third kappa shape index (κ3) is 5.40. The summed E-state index contributed by atoms with van der Waals surface area (Å²) in [5, 5.41) is 17.8. The van der Waals surface area contributed by atoms with Crippen LogP contribution in [0.5, 0.6) is 0 Å². The zero-order valence-electron chi connectivity index (χ0n) is 11.2. The SMILES string of the molecule is CC(C)C(CCO)NC(=O)CNC(=O)c1ccsc1. The lowest BCUT2D eigenvalue weighted by Crippen LogP contribution is -2.44. The van der Waals surface area contributed by atoms with E-state index >= 15 is 0 Å². The van der Waals surface area contributed by atoms with Gasteiger partial charge in [-0.25, -0.2) is 0 Å². The van der Waals surface area contributed by atoms with Gasteiger partial charge >= 0.3 is 0 Å². The standard InChI is InChI=1S/C13H20N2O3S/c1-9(2)11(3-5-16)15-12(17)7-14-13(18)10-4-6-19-8-10/h4,6,8-9,11,16H,3,5,7H2,1-2H3,(H,14,18)(H,15,17). The van der Waals surface area contributed by atoms with Crippen LogP contribution in [-0.2, 0) is 4.79 Å². The topological polar surface area (TPSA) is 78.4 Å². The Bertz CT molecular complexity index is 404. The maximum atomic E-state index is 11.7. The fourth-order valence-electron chi connectivity index (χ4n) is 1.63. The monoisotopic (exact) mass is 284 g/mol. The van der Waals surface area contributed by atoms with Crippen molar-refractivity contribution >= 4 is 23.2 Å². The zero-order valence-corrected chi connectivity index (χ0v) is 12.0. The van der Waals surface area contributed by atoms with Crippen LogP contribution >= 0.6 is 11.3 Å². The van der Waals surface area contributed by atoms with Gasteiger partial charge in [0.05, 0.1) is 6.54 Å². The number of carbonyl (C=O) groups is 2. The van der Waals surface area contributed by atoms with Crippen molar-refractivity contribution in [1.82, 2.24) is 10.6 Å². The molecule has 0 radical (unpaired) electrons. The smallest absolute Gasteiger partial charge is 0.252 e. The molecule has 1 aromatic heterocycles. The van der Waals surface area contributed by atoms with E-state index in [1.807, 2.05) is 19.2 Å². The van der Waals surface area contributed by atoms with Crippen LogP contribution in [0.4, 0.5) is 0 Å². The lowest BCUT2D eigenvalue weighted by atomic mass is 10.0. The molecule has 6 heteroatoms. The summed E-state index contributed by atoms with van der Waals surface area (Å²) in [5.74, 6) is -0.251. The molecule has 2 amide bonds. The Kier molecular flexibility index (Phi) is 6.52. The van der Waals surface area contributed by atoms with E-state index in [1.54, 1.807) is 11.4 Å². The van der Waals surface area contributed by atoms with E-state index in [9.17, 15) is 9.59 Å². The molecule has 19 heavy (non-hydrogen) atoms. The molecule has 5 nitrogen and oxygen atoms in total. The minimum absolute atomic E-state index is 0.0321. The van der Waals surface area contributed by atoms with Gasteiger partial charge in [-0.05, 0) is 23.8 Å². The first-order valence-corrected chi connectivity index (χ1v) is 7.19. The largest absolute Gasteiger partial charge is 0.396 e. The van der Waals surface area contributed by atoms with E-state index in [2.05, 4.69) is 10.6 Å². The van der Waals surface area contributed by atoms with Gasteiger partial charge in [0.25, 0.3) is 5.91 Å². The van der Waals surface area contributed by atoms with Crippen molar-refractivity contribution in [3.63, 3.8) is 0 Å². The van der Waals surface area contributed by atoms with Crippen LogP contribution in [0.1, 0.15) is 30.6 Å². The van der Waals surface area contributed by atoms with E-state index in [0.717, 1.165) is 0 Å². The number of carbonyl (C=O) groups excluding carboxylic acids is 2. The van der Waals surface area contributed by atoms with Crippen LogP contribution in [0.15, 0.2) is 16.8 Å². The zero-order chi connectivity index (χ0) is 14.3. The first-order chi connectivity index (χ1) is 9.04. The van der Waals surface area contributed by atoms with Crippen molar-refractivity contribution in [3.05, 3.63) is 22.4 Å². The molecule has 0 saturated heterocycles. The molecule has 0 fully saturated rings.